The van der Waals surface area contributed by atoms with Gasteiger partial charge in [0.2, 0.25) is 0 Å². The average molecular weight is 472 g/mol. The molecule has 3 aromatic carbocycles. The molecule has 0 saturated carbocycles. The minimum absolute atomic E-state index is 0.101. The van der Waals surface area contributed by atoms with Crippen molar-refractivity contribution in [1.29, 1.82) is 0 Å². The van der Waals surface area contributed by atoms with Crippen LogP contribution in [-0.4, -0.2) is 41.1 Å². The van der Waals surface area contributed by atoms with Gasteiger partial charge in [0.05, 0.1) is 18.2 Å². The average Bonchev–Trinajstić information content (AvgIpc) is 2.86. The van der Waals surface area contributed by atoms with E-state index in [-0.39, 0.29) is 11.5 Å². The lowest BCUT2D eigenvalue weighted by Crippen LogP contribution is -2.12. The number of nitrogens with zero attached hydrogens (tertiary/aromatic N) is 2. The molecule has 9 nitrogen and oxygen atoms in total. The van der Waals surface area contributed by atoms with Gasteiger partial charge in [0.1, 0.15) is 17.4 Å². The number of hydrogen-bond donors (Lipinski definition) is 4. The Labute approximate surface area is 202 Å². The molecule has 0 atom stereocenters. The molecule has 4 aromatic rings. The van der Waals surface area contributed by atoms with E-state index < -0.39 is 5.97 Å². The molecule has 0 saturated heterocycles. The summed E-state index contributed by atoms with van der Waals surface area (Å²) in [6.45, 7) is 2.13. The monoisotopic (exact) mass is 471 g/mol. The van der Waals surface area contributed by atoms with Gasteiger partial charge in [-0.1, -0.05) is 12.1 Å². The van der Waals surface area contributed by atoms with Gasteiger partial charge in [0.15, 0.2) is 0 Å². The normalized spacial score (nSPS) is 10.6. The number of carbonyl (C=O) groups excluding carboxylic acids is 1. The number of ether oxygens (including phenoxy) is 1. The van der Waals surface area contributed by atoms with Crippen molar-refractivity contribution in [1.82, 2.24) is 9.97 Å². The van der Waals surface area contributed by atoms with Crippen LogP contribution in [0.1, 0.15) is 32.1 Å². The van der Waals surface area contributed by atoms with Gasteiger partial charge in [-0.3, -0.25) is 4.79 Å². The molecule has 1 amide bonds. The second-order valence-corrected chi connectivity index (χ2v) is 7.83. The highest BCUT2D eigenvalue weighted by Crippen LogP contribution is 2.28. The summed E-state index contributed by atoms with van der Waals surface area (Å²) in [5.41, 5.74) is 3.20. The first-order valence-corrected chi connectivity index (χ1v) is 10.9. The molecular weight excluding hydrogens is 446 g/mol. The summed E-state index contributed by atoms with van der Waals surface area (Å²) in [4.78, 5) is 33.2. The van der Waals surface area contributed by atoms with Crippen molar-refractivity contribution in [2.24, 2.45) is 0 Å². The predicted molar refractivity (Wildman–Crippen MR) is 135 cm³/mol. The fourth-order valence-corrected chi connectivity index (χ4v) is 3.68. The minimum atomic E-state index is -1.06. The number of carboxylic acid groups (broad SMARTS) is 1. The van der Waals surface area contributed by atoms with Gasteiger partial charge < -0.3 is 25.8 Å². The van der Waals surface area contributed by atoms with E-state index in [9.17, 15) is 14.7 Å². The Morgan fingerprint density at radius 1 is 1.00 bits per heavy atom. The third kappa shape index (κ3) is 5.30. The number of aromatic nitrogens is 2. The van der Waals surface area contributed by atoms with E-state index in [1.54, 1.807) is 51.4 Å². The number of aryl methyl sites for hydroxylation is 1. The van der Waals surface area contributed by atoms with Crippen molar-refractivity contribution in [2.45, 2.75) is 13.5 Å². The first kappa shape index (κ1) is 23.5. The molecule has 178 valence electrons. The molecule has 0 aliphatic heterocycles. The van der Waals surface area contributed by atoms with Crippen LogP contribution in [0.2, 0.25) is 0 Å². The topological polar surface area (TPSA) is 125 Å². The molecule has 0 unspecified atom stereocenters. The first-order valence-electron chi connectivity index (χ1n) is 10.9. The van der Waals surface area contributed by atoms with Gasteiger partial charge in [-0.05, 0) is 61.0 Å². The number of anilines is 3. The SMILES string of the molecule is CNc1cc(C(=O)O)c2nc(C)nc(NCc3cccc(NC(=O)c4ccc(OC)cc4)c3)c2c1. The van der Waals surface area contributed by atoms with Crippen molar-refractivity contribution >= 4 is 40.0 Å². The number of amides is 1. The van der Waals surface area contributed by atoms with Gasteiger partial charge in [-0.15, -0.1) is 0 Å². The molecule has 0 bridgehead atoms. The number of carbonyl (C=O) groups is 2. The van der Waals surface area contributed by atoms with Crippen LogP contribution in [0, 0.1) is 6.92 Å². The molecule has 0 aliphatic carbocycles. The van der Waals surface area contributed by atoms with Crippen LogP contribution >= 0.6 is 0 Å². The Balaban J connectivity index is 1.55. The van der Waals surface area contributed by atoms with Crippen LogP contribution in [0.25, 0.3) is 10.9 Å². The van der Waals surface area contributed by atoms with Crippen LogP contribution < -0.4 is 20.7 Å². The van der Waals surface area contributed by atoms with E-state index in [0.717, 1.165) is 5.56 Å². The molecule has 4 N–H and O–H groups in total. The molecule has 1 heterocycles. The van der Waals surface area contributed by atoms with E-state index in [2.05, 4.69) is 25.9 Å². The van der Waals surface area contributed by atoms with E-state index in [1.807, 2.05) is 30.3 Å². The van der Waals surface area contributed by atoms with Crippen LogP contribution in [0.5, 0.6) is 5.75 Å². The number of nitrogens with one attached hydrogen (secondary N) is 3. The maximum absolute atomic E-state index is 12.6. The van der Waals surface area contributed by atoms with Crippen molar-refractivity contribution in [3.05, 3.63) is 83.2 Å². The lowest BCUT2D eigenvalue weighted by molar-refractivity contribution is 0.0698. The Bertz CT molecular complexity index is 1400. The van der Waals surface area contributed by atoms with Crippen LogP contribution in [0.15, 0.2) is 60.7 Å². The quantitative estimate of drug-likeness (QED) is 0.295. The van der Waals surface area contributed by atoms with E-state index in [1.165, 1.54) is 0 Å². The fourth-order valence-electron chi connectivity index (χ4n) is 3.68. The Morgan fingerprint density at radius 2 is 1.77 bits per heavy atom. The Morgan fingerprint density at radius 3 is 2.46 bits per heavy atom. The Kier molecular flexibility index (Phi) is 6.77. The van der Waals surface area contributed by atoms with E-state index >= 15 is 0 Å². The van der Waals surface area contributed by atoms with Crippen molar-refractivity contribution in [2.75, 3.05) is 30.1 Å². The zero-order chi connectivity index (χ0) is 24.9. The summed E-state index contributed by atoms with van der Waals surface area (Å²) < 4.78 is 5.13. The molecule has 1 aromatic heterocycles. The highest BCUT2D eigenvalue weighted by atomic mass is 16.5. The summed E-state index contributed by atoms with van der Waals surface area (Å²) in [5, 5.41) is 19.4. The van der Waals surface area contributed by atoms with Gasteiger partial charge in [0, 0.05) is 35.9 Å². The van der Waals surface area contributed by atoms with Crippen LogP contribution in [0.4, 0.5) is 17.2 Å². The van der Waals surface area contributed by atoms with Gasteiger partial charge in [0.25, 0.3) is 5.91 Å². The molecule has 0 spiro atoms. The highest BCUT2D eigenvalue weighted by molar-refractivity contribution is 6.06. The number of rotatable bonds is 8. The molecule has 0 aliphatic rings. The van der Waals surface area contributed by atoms with Crippen molar-refractivity contribution in [3.63, 3.8) is 0 Å². The third-order valence-corrected chi connectivity index (χ3v) is 5.43. The van der Waals surface area contributed by atoms with Gasteiger partial charge >= 0.3 is 5.97 Å². The van der Waals surface area contributed by atoms with Gasteiger partial charge in [-0.2, -0.15) is 0 Å². The van der Waals surface area contributed by atoms with Gasteiger partial charge in [-0.25, -0.2) is 14.8 Å². The van der Waals surface area contributed by atoms with Crippen molar-refractivity contribution < 1.29 is 19.4 Å². The van der Waals surface area contributed by atoms with E-state index in [0.29, 0.717) is 51.8 Å². The maximum atomic E-state index is 12.6. The summed E-state index contributed by atoms with van der Waals surface area (Å²) in [5.74, 6) is 0.381. The predicted octanol–water partition coefficient (Wildman–Crippen LogP) is 4.55. The summed E-state index contributed by atoms with van der Waals surface area (Å²) in [6, 6.07) is 17.7. The number of carboxylic acids is 1. The highest BCUT2D eigenvalue weighted by Gasteiger charge is 2.16. The second kappa shape index (κ2) is 10.1. The number of benzene rings is 3. The molecule has 0 radical (unpaired) electrons. The smallest absolute Gasteiger partial charge is 0.337 e. The number of fused-ring (bicyclic) bond motifs is 1. The lowest BCUT2D eigenvalue weighted by Gasteiger charge is -2.13. The number of aromatic carboxylic acids is 1. The molecular formula is C26H25N5O4. The molecule has 4 rings (SSSR count). The summed E-state index contributed by atoms with van der Waals surface area (Å²) in [7, 11) is 3.30. The van der Waals surface area contributed by atoms with E-state index in [4.69, 9.17) is 4.74 Å². The number of methoxy groups -OCH3 is 1. The fraction of sp³-hybridized carbons (Fsp3) is 0.154. The van der Waals surface area contributed by atoms with Crippen molar-refractivity contribution in [3.8, 4) is 5.75 Å². The largest absolute Gasteiger partial charge is 0.497 e. The lowest BCUT2D eigenvalue weighted by atomic mass is 10.1. The summed E-state index contributed by atoms with van der Waals surface area (Å²) in [6.07, 6.45) is 0. The molecule has 0 fully saturated rings. The first-order chi connectivity index (χ1) is 16.9. The standard InChI is InChI=1S/C26H25N5O4/c1-15-29-23-21(12-19(27-2)13-22(23)26(33)34)24(30-15)28-14-16-5-4-6-18(11-16)31-25(32)17-7-9-20(35-3)10-8-17/h4-13,27H,14H2,1-3H3,(H,31,32)(H,33,34)(H,28,29,30). The number of hydrogen-bond acceptors (Lipinski definition) is 7. The second-order valence-electron chi connectivity index (χ2n) is 7.83. The Hall–Kier alpha value is -4.66. The summed E-state index contributed by atoms with van der Waals surface area (Å²) >= 11 is 0. The maximum Gasteiger partial charge on any atom is 0.337 e. The minimum Gasteiger partial charge on any atom is -0.497 e. The zero-order valence-corrected chi connectivity index (χ0v) is 19.5. The third-order valence-electron chi connectivity index (χ3n) is 5.43. The molecule has 9 heteroatoms. The molecule has 35 heavy (non-hydrogen) atoms. The van der Waals surface area contributed by atoms with Crippen LogP contribution in [-0.2, 0) is 6.54 Å². The zero-order valence-electron chi connectivity index (χ0n) is 19.5. The van der Waals surface area contributed by atoms with Crippen LogP contribution in [0.3, 0.4) is 0 Å².